The number of hydrogen-bond acceptors (Lipinski definition) is 2. The lowest BCUT2D eigenvalue weighted by atomic mass is 9.85. The van der Waals surface area contributed by atoms with E-state index < -0.39 is 0 Å². The number of amides is 1. The molecule has 100 valence electrons. The van der Waals surface area contributed by atoms with Crippen LogP contribution in [-0.2, 0) is 4.79 Å². The highest BCUT2D eigenvalue weighted by Crippen LogP contribution is 2.23. The van der Waals surface area contributed by atoms with Crippen LogP contribution in [0.15, 0.2) is 0 Å². The highest BCUT2D eigenvalue weighted by atomic mass is 16.2. The molecule has 0 aliphatic carbocycles. The van der Waals surface area contributed by atoms with Crippen LogP contribution < -0.4 is 5.32 Å². The number of rotatable bonds is 6. The van der Waals surface area contributed by atoms with Gasteiger partial charge in [-0.2, -0.15) is 0 Å². The van der Waals surface area contributed by atoms with Gasteiger partial charge in [0.25, 0.3) is 0 Å². The van der Waals surface area contributed by atoms with Gasteiger partial charge in [0.2, 0.25) is 5.91 Å². The second kappa shape index (κ2) is 6.39. The topological polar surface area (TPSA) is 32.3 Å². The summed E-state index contributed by atoms with van der Waals surface area (Å²) >= 11 is 0. The van der Waals surface area contributed by atoms with E-state index in [1.54, 1.807) is 0 Å². The molecule has 0 aromatic heterocycles. The Morgan fingerprint density at radius 3 is 2.35 bits per heavy atom. The largest absolute Gasteiger partial charge is 0.328 e. The Labute approximate surface area is 106 Å². The van der Waals surface area contributed by atoms with Gasteiger partial charge in [-0.3, -0.25) is 10.1 Å². The van der Waals surface area contributed by atoms with Crippen LogP contribution in [-0.4, -0.2) is 30.1 Å². The summed E-state index contributed by atoms with van der Waals surface area (Å²) in [6, 6.07) is 0.0694. The van der Waals surface area contributed by atoms with Crippen LogP contribution in [0.2, 0.25) is 0 Å². The molecule has 0 aromatic rings. The van der Waals surface area contributed by atoms with Crippen LogP contribution in [0.1, 0.15) is 47.5 Å². The minimum Gasteiger partial charge on any atom is -0.328 e. The van der Waals surface area contributed by atoms with Crippen molar-refractivity contribution in [1.29, 1.82) is 0 Å². The van der Waals surface area contributed by atoms with Gasteiger partial charge in [-0.05, 0) is 24.2 Å². The fraction of sp³-hybridized carbons (Fsp3) is 0.929. The molecule has 1 atom stereocenters. The van der Waals surface area contributed by atoms with Gasteiger partial charge in [-0.1, -0.05) is 41.0 Å². The molecule has 1 amide bonds. The normalized spacial score (nSPS) is 21.3. The third-order valence-electron chi connectivity index (χ3n) is 3.86. The molecular formula is C14H28N2O. The number of nitrogens with zero attached hydrogens (tertiary/aromatic N) is 1. The molecule has 1 unspecified atom stereocenters. The van der Waals surface area contributed by atoms with Crippen molar-refractivity contribution in [3.63, 3.8) is 0 Å². The summed E-state index contributed by atoms with van der Waals surface area (Å²) in [4.78, 5) is 14.1. The van der Waals surface area contributed by atoms with Gasteiger partial charge in [-0.25, -0.2) is 0 Å². The first-order chi connectivity index (χ1) is 7.97. The van der Waals surface area contributed by atoms with Crippen molar-refractivity contribution >= 4 is 5.91 Å². The fourth-order valence-electron chi connectivity index (χ4n) is 2.72. The third-order valence-corrected chi connectivity index (χ3v) is 3.86. The monoisotopic (exact) mass is 240 g/mol. The number of carbonyl (C=O) groups excluding carboxylic acids is 1. The Morgan fingerprint density at radius 2 is 1.88 bits per heavy atom. The maximum Gasteiger partial charge on any atom is 0.240 e. The second-order valence-corrected chi connectivity index (χ2v) is 5.92. The maximum atomic E-state index is 12.1. The molecule has 0 saturated carbocycles. The molecule has 1 aliphatic rings. The summed E-state index contributed by atoms with van der Waals surface area (Å²) in [5, 5.41) is 3.32. The molecule has 3 heteroatoms. The average Bonchev–Trinajstić information content (AvgIpc) is 2.57. The van der Waals surface area contributed by atoms with Gasteiger partial charge in [0.15, 0.2) is 0 Å². The highest BCUT2D eigenvalue weighted by Gasteiger charge is 2.32. The molecule has 1 rings (SSSR count). The predicted molar refractivity (Wildman–Crippen MR) is 71.6 cm³/mol. The van der Waals surface area contributed by atoms with Gasteiger partial charge in [0.1, 0.15) is 0 Å². The summed E-state index contributed by atoms with van der Waals surface area (Å²) in [5.41, 5.74) is 0. The van der Waals surface area contributed by atoms with E-state index in [-0.39, 0.29) is 6.04 Å². The van der Waals surface area contributed by atoms with Gasteiger partial charge in [0.05, 0.1) is 12.7 Å². The Kier molecular flexibility index (Phi) is 5.44. The zero-order valence-electron chi connectivity index (χ0n) is 12.0. The number of carbonyl (C=O) groups is 1. The Morgan fingerprint density at radius 1 is 1.29 bits per heavy atom. The van der Waals surface area contributed by atoms with Crippen molar-refractivity contribution in [3.05, 3.63) is 0 Å². The number of nitrogens with one attached hydrogen (secondary N) is 1. The van der Waals surface area contributed by atoms with Crippen molar-refractivity contribution in [2.75, 3.05) is 13.2 Å². The van der Waals surface area contributed by atoms with E-state index in [1.165, 1.54) is 0 Å². The van der Waals surface area contributed by atoms with Crippen LogP contribution in [0.4, 0.5) is 0 Å². The first kappa shape index (κ1) is 14.5. The third kappa shape index (κ3) is 3.70. The van der Waals surface area contributed by atoms with E-state index in [9.17, 15) is 4.79 Å². The van der Waals surface area contributed by atoms with E-state index in [1.807, 2.05) is 4.90 Å². The van der Waals surface area contributed by atoms with Crippen molar-refractivity contribution in [2.45, 2.75) is 53.5 Å². The van der Waals surface area contributed by atoms with E-state index >= 15 is 0 Å². The SMILES string of the molecule is CCCC1NCN(CC(C(C)C)C(C)C)C1=O. The summed E-state index contributed by atoms with van der Waals surface area (Å²) < 4.78 is 0. The van der Waals surface area contributed by atoms with Gasteiger partial charge in [-0.15, -0.1) is 0 Å². The standard InChI is InChI=1S/C14H28N2O/c1-6-7-13-14(17)16(9-15-13)8-12(10(2)3)11(4)5/h10-13,15H,6-9H2,1-5H3. The van der Waals surface area contributed by atoms with Gasteiger partial charge < -0.3 is 4.90 Å². The maximum absolute atomic E-state index is 12.1. The zero-order valence-corrected chi connectivity index (χ0v) is 12.0. The minimum absolute atomic E-state index is 0.0694. The summed E-state index contributed by atoms with van der Waals surface area (Å²) in [5.74, 6) is 2.17. The molecule has 1 heterocycles. The molecular weight excluding hydrogens is 212 g/mol. The first-order valence-electron chi connectivity index (χ1n) is 6.99. The zero-order chi connectivity index (χ0) is 13.0. The van der Waals surface area contributed by atoms with Crippen LogP contribution in [0.3, 0.4) is 0 Å². The smallest absolute Gasteiger partial charge is 0.240 e. The molecule has 0 bridgehead atoms. The van der Waals surface area contributed by atoms with E-state index in [0.717, 1.165) is 26.1 Å². The van der Waals surface area contributed by atoms with Crippen LogP contribution in [0.5, 0.6) is 0 Å². The quantitative estimate of drug-likeness (QED) is 0.773. The molecule has 0 spiro atoms. The lowest BCUT2D eigenvalue weighted by molar-refractivity contribution is -0.129. The minimum atomic E-state index is 0.0694. The van der Waals surface area contributed by atoms with Crippen molar-refractivity contribution in [1.82, 2.24) is 10.2 Å². The molecule has 0 radical (unpaired) electrons. The molecule has 1 fully saturated rings. The van der Waals surface area contributed by atoms with Crippen LogP contribution in [0.25, 0.3) is 0 Å². The predicted octanol–water partition coefficient (Wildman–Crippen LogP) is 2.47. The van der Waals surface area contributed by atoms with Crippen molar-refractivity contribution in [2.24, 2.45) is 17.8 Å². The average molecular weight is 240 g/mol. The van der Waals surface area contributed by atoms with Crippen molar-refractivity contribution < 1.29 is 4.79 Å². The lowest BCUT2D eigenvalue weighted by Crippen LogP contribution is -2.37. The summed E-state index contributed by atoms with van der Waals surface area (Å²) in [6.45, 7) is 12.8. The molecule has 1 aliphatic heterocycles. The van der Waals surface area contributed by atoms with Gasteiger partial charge in [0, 0.05) is 6.54 Å². The van der Waals surface area contributed by atoms with E-state index in [4.69, 9.17) is 0 Å². The lowest BCUT2D eigenvalue weighted by Gasteiger charge is -2.29. The Balaban J connectivity index is 2.55. The van der Waals surface area contributed by atoms with Crippen LogP contribution in [0, 0.1) is 17.8 Å². The van der Waals surface area contributed by atoms with Crippen molar-refractivity contribution in [3.8, 4) is 0 Å². The van der Waals surface area contributed by atoms with E-state index in [2.05, 4.69) is 39.9 Å². The number of hydrogen-bond donors (Lipinski definition) is 1. The Hall–Kier alpha value is -0.570. The Bertz CT molecular complexity index is 243. The fourth-order valence-corrected chi connectivity index (χ4v) is 2.72. The molecule has 0 aromatic carbocycles. The highest BCUT2D eigenvalue weighted by molar-refractivity contribution is 5.83. The van der Waals surface area contributed by atoms with E-state index in [0.29, 0.717) is 23.7 Å². The van der Waals surface area contributed by atoms with Gasteiger partial charge >= 0.3 is 0 Å². The molecule has 1 saturated heterocycles. The van der Waals surface area contributed by atoms with Crippen LogP contribution >= 0.6 is 0 Å². The second-order valence-electron chi connectivity index (χ2n) is 5.92. The summed E-state index contributed by atoms with van der Waals surface area (Å²) in [7, 11) is 0. The summed E-state index contributed by atoms with van der Waals surface area (Å²) in [6.07, 6.45) is 2.03. The molecule has 1 N–H and O–H groups in total. The first-order valence-corrected chi connectivity index (χ1v) is 6.99. The molecule has 3 nitrogen and oxygen atoms in total. The molecule has 17 heavy (non-hydrogen) atoms.